The van der Waals surface area contributed by atoms with Crippen LogP contribution in [0.1, 0.15) is 51.9 Å². The molecule has 0 amide bonds. The van der Waals surface area contributed by atoms with Crippen LogP contribution in [-0.4, -0.2) is 42.6 Å². The van der Waals surface area contributed by atoms with Crippen LogP contribution < -0.4 is 0 Å². The smallest absolute Gasteiger partial charge is 0.303 e. The van der Waals surface area contributed by atoms with Gasteiger partial charge in [0.1, 0.15) is 0 Å². The Bertz CT molecular complexity index is 144. The number of hydrogen-bond acceptors (Lipinski definition) is 1. The molecule has 0 fully saturated rings. The van der Waals surface area contributed by atoms with Crippen LogP contribution in [0, 0.1) is 0 Å². The maximum Gasteiger partial charge on any atom is 0.466 e. The quantitative estimate of drug-likeness (QED) is 0.367. The molecule has 0 aliphatic heterocycles. The summed E-state index contributed by atoms with van der Waals surface area (Å²) in [6.07, 6.45) is 10.3. The minimum atomic E-state index is -4.64. The van der Waals surface area contributed by atoms with Crippen LogP contribution in [-0.2, 0) is 4.57 Å². The van der Waals surface area contributed by atoms with E-state index in [0.29, 0.717) is 0 Å². The van der Waals surface area contributed by atoms with Crippen LogP contribution in [0.3, 0.4) is 0 Å². The number of phosphoric acid groups is 1. The van der Waals surface area contributed by atoms with Crippen molar-refractivity contribution in [2.24, 2.45) is 0 Å². The third-order valence-electron chi connectivity index (χ3n) is 1.96. The summed E-state index contributed by atoms with van der Waals surface area (Å²) >= 11 is 1.41. The zero-order valence-electron chi connectivity index (χ0n) is 9.85. The Kier molecular flexibility index (Phi) is 16.2. The van der Waals surface area contributed by atoms with Gasteiger partial charge in [0.25, 0.3) is 0 Å². The molecule has 0 aliphatic carbocycles. The summed E-state index contributed by atoms with van der Waals surface area (Å²) < 4.78 is 10.4. The van der Waals surface area contributed by atoms with E-state index in [-0.39, 0.29) is 0 Å². The Morgan fingerprint density at radius 3 is 1.60 bits per heavy atom. The Balaban J connectivity index is 0. The van der Waals surface area contributed by atoms with Gasteiger partial charge >= 0.3 is 91.3 Å². The fraction of sp³-hybridized carbons (Fsp3) is 1.00. The van der Waals surface area contributed by atoms with Crippen molar-refractivity contribution in [1.82, 2.24) is 0 Å². The van der Waals surface area contributed by atoms with Gasteiger partial charge in [0.05, 0.1) is 0 Å². The molecule has 0 saturated carbocycles. The SMILES string of the molecule is CCCCCCCC[CH2][Na].O=P(O)(O)O. The van der Waals surface area contributed by atoms with Gasteiger partial charge in [-0.25, -0.2) is 4.57 Å². The summed E-state index contributed by atoms with van der Waals surface area (Å²) in [5.74, 6) is 0. The molecule has 3 N–H and O–H groups in total. The molecular weight excluding hydrogens is 226 g/mol. The molecule has 0 saturated heterocycles. The number of hydrogen-bond donors (Lipinski definition) is 3. The van der Waals surface area contributed by atoms with E-state index in [2.05, 4.69) is 6.92 Å². The summed E-state index contributed by atoms with van der Waals surface area (Å²) in [5, 5.41) is 0. The van der Waals surface area contributed by atoms with Crippen molar-refractivity contribution >= 4 is 35.8 Å². The molecule has 0 spiro atoms. The topological polar surface area (TPSA) is 77.8 Å². The fourth-order valence-electron chi connectivity index (χ4n) is 1.21. The van der Waals surface area contributed by atoms with Crippen LogP contribution in [0.25, 0.3) is 0 Å². The van der Waals surface area contributed by atoms with Crippen LogP contribution >= 0.6 is 7.82 Å². The van der Waals surface area contributed by atoms with Crippen molar-refractivity contribution in [2.45, 2.75) is 55.5 Å². The molecule has 0 aromatic heterocycles. The van der Waals surface area contributed by atoms with E-state index in [0.717, 1.165) is 0 Å². The minimum Gasteiger partial charge on any atom is -0.303 e. The standard InChI is InChI=1S/C9H19.Na.H3O4P/c1-3-5-7-9-8-6-4-2;;1-5(2,3)4/h1,3-9H2,2H3;;(H3,1,2,3,4). The van der Waals surface area contributed by atoms with Gasteiger partial charge in [-0.15, -0.1) is 0 Å². The first-order chi connectivity index (χ1) is 6.91. The molecule has 0 bridgehead atoms. The Morgan fingerprint density at radius 2 is 1.27 bits per heavy atom. The van der Waals surface area contributed by atoms with Crippen molar-refractivity contribution in [1.29, 1.82) is 0 Å². The van der Waals surface area contributed by atoms with Gasteiger partial charge in [0.2, 0.25) is 0 Å². The molecule has 0 radical (unpaired) electrons. The van der Waals surface area contributed by atoms with Gasteiger partial charge in [0.15, 0.2) is 0 Å². The van der Waals surface area contributed by atoms with Crippen molar-refractivity contribution in [3.63, 3.8) is 0 Å². The molecule has 0 rings (SSSR count). The van der Waals surface area contributed by atoms with Crippen molar-refractivity contribution in [2.75, 3.05) is 0 Å². The molecule has 0 aromatic carbocycles. The zero-order chi connectivity index (χ0) is 12.2. The van der Waals surface area contributed by atoms with Gasteiger partial charge in [-0.3, -0.25) is 0 Å². The minimum absolute atomic E-state index is 1.38. The molecule has 0 heterocycles. The normalized spacial score (nSPS) is 10.8. The Labute approximate surface area is 110 Å². The predicted molar refractivity (Wildman–Crippen MR) is 62.8 cm³/mol. The average Bonchev–Trinajstić information content (AvgIpc) is 2.08. The summed E-state index contributed by atoms with van der Waals surface area (Å²) in [7, 11) is -4.64. The fourth-order valence-corrected chi connectivity index (χ4v) is 1.71. The second kappa shape index (κ2) is 13.2. The first-order valence-corrected chi connectivity index (χ1v) is 8.68. The van der Waals surface area contributed by atoms with Crippen molar-refractivity contribution in [3.05, 3.63) is 0 Å². The second-order valence-electron chi connectivity index (χ2n) is 3.63. The first-order valence-electron chi connectivity index (χ1n) is 5.70. The summed E-state index contributed by atoms with van der Waals surface area (Å²) in [4.78, 5) is 21.6. The molecule has 0 aliphatic rings. The largest absolute Gasteiger partial charge is 0.466 e. The Morgan fingerprint density at radius 1 is 0.933 bits per heavy atom. The van der Waals surface area contributed by atoms with Crippen LogP contribution in [0.15, 0.2) is 0 Å². The third-order valence-corrected chi connectivity index (χ3v) is 2.66. The van der Waals surface area contributed by atoms with E-state index < -0.39 is 7.82 Å². The molecule has 6 heteroatoms. The molecule has 88 valence electrons. The van der Waals surface area contributed by atoms with Gasteiger partial charge in [0, 0.05) is 0 Å². The van der Waals surface area contributed by atoms with Gasteiger partial charge in [-0.1, -0.05) is 0 Å². The second-order valence-corrected chi connectivity index (χ2v) is 5.66. The van der Waals surface area contributed by atoms with E-state index in [4.69, 9.17) is 19.2 Å². The van der Waals surface area contributed by atoms with E-state index in [1.54, 1.807) is 0 Å². The number of unbranched alkanes of at least 4 members (excludes halogenated alkanes) is 6. The summed E-state index contributed by atoms with van der Waals surface area (Å²) in [6, 6.07) is 0. The zero-order valence-corrected chi connectivity index (χ0v) is 12.7. The monoisotopic (exact) mass is 248 g/mol. The Hall–Kier alpha value is 1.11. The van der Waals surface area contributed by atoms with E-state index in [1.807, 2.05) is 0 Å². The molecule has 0 unspecified atom stereocenters. The van der Waals surface area contributed by atoms with Crippen LogP contribution in [0.2, 0.25) is 3.67 Å². The molecule has 4 nitrogen and oxygen atoms in total. The van der Waals surface area contributed by atoms with E-state index in [1.165, 1.54) is 76.5 Å². The number of rotatable bonds is 7. The maximum atomic E-state index is 8.88. The van der Waals surface area contributed by atoms with Crippen LogP contribution in [0.4, 0.5) is 0 Å². The first kappa shape index (κ1) is 18.5. The average molecular weight is 248 g/mol. The van der Waals surface area contributed by atoms with E-state index in [9.17, 15) is 0 Å². The van der Waals surface area contributed by atoms with Crippen LogP contribution in [0.5, 0.6) is 0 Å². The molecule has 0 aromatic rings. The van der Waals surface area contributed by atoms with Crippen molar-refractivity contribution in [3.8, 4) is 0 Å². The van der Waals surface area contributed by atoms with Gasteiger partial charge < -0.3 is 14.7 Å². The van der Waals surface area contributed by atoms with Gasteiger partial charge in [-0.2, -0.15) is 0 Å². The van der Waals surface area contributed by atoms with Crippen molar-refractivity contribution < 1.29 is 19.2 Å². The maximum absolute atomic E-state index is 8.88. The predicted octanol–water partition coefficient (Wildman–Crippen LogP) is 2.40. The molecular formula is C9H22NaO4P. The van der Waals surface area contributed by atoms with Gasteiger partial charge in [-0.05, 0) is 0 Å². The molecule has 15 heavy (non-hydrogen) atoms. The van der Waals surface area contributed by atoms with E-state index >= 15 is 0 Å². The summed E-state index contributed by atoms with van der Waals surface area (Å²) in [5.41, 5.74) is 0. The third kappa shape index (κ3) is 39.5. The molecule has 0 atom stereocenters. The summed E-state index contributed by atoms with van der Waals surface area (Å²) in [6.45, 7) is 2.28.